The Morgan fingerprint density at radius 1 is 1.00 bits per heavy atom. The maximum atomic E-state index is 0. The van der Waals surface area contributed by atoms with Gasteiger partial charge in [0.1, 0.15) is 0 Å². The van der Waals surface area contributed by atoms with Crippen molar-refractivity contribution < 1.29 is 32.8 Å². The first-order chi connectivity index (χ1) is 0. The van der Waals surface area contributed by atoms with Crippen LogP contribution >= 0.6 is 0 Å². The fraction of sp³-hybridized carbons (Fsp3) is 0. The summed E-state index contributed by atoms with van der Waals surface area (Å²) in [4.78, 5) is 0. The molecule has 0 atom stereocenters. The quantitative estimate of drug-likeness (QED) is 0.437. The van der Waals surface area contributed by atoms with Gasteiger partial charge in [0.25, 0.3) is 0 Å². The monoisotopic (exact) mass is 185 g/mol. The second kappa shape index (κ2) is 22.9. The molecule has 0 aliphatic heterocycles. The maximum Gasteiger partial charge on any atom is 4.00 e. The van der Waals surface area contributed by atoms with E-state index >= 15 is 0 Å². The van der Waals surface area contributed by atoms with Gasteiger partial charge in [-0.1, -0.05) is 0 Å². The van der Waals surface area contributed by atoms with Crippen LogP contribution in [0.1, 0.15) is 0 Å². The molecule has 0 aromatic rings. The zero-order valence-corrected chi connectivity index (χ0v) is 8.38. The Labute approximate surface area is 60.8 Å². The Kier molecular flexibility index (Phi) is 260. The predicted octanol–water partition coefficient (Wildman–Crippen LogP) is -0.883. The molecule has 0 unspecified atom stereocenters. The zero-order chi connectivity index (χ0) is 0. The molecule has 0 amide bonds. The van der Waals surface area contributed by atoms with Crippen LogP contribution in [0.5, 0.6) is 0 Å². The molecular weight excluding hydrogens is 183 g/mol. The van der Waals surface area contributed by atoms with Crippen molar-refractivity contribution in [1.82, 2.24) is 0 Å². The van der Waals surface area contributed by atoms with Crippen LogP contribution < -0.4 is 0 Å². The molecule has 0 N–H and O–H groups in total. The van der Waals surface area contributed by atoms with Gasteiger partial charge >= 0.3 is 55.6 Å². The van der Waals surface area contributed by atoms with Gasteiger partial charge in [-0.3, -0.25) is 0 Å². The Morgan fingerprint density at radius 2 is 1.00 bits per heavy atom. The molecule has 4 heavy (non-hydrogen) atoms. The Bertz CT molecular complexity index is 8.00. The van der Waals surface area contributed by atoms with Gasteiger partial charge in [-0.2, -0.15) is 0 Å². The fourth-order valence-electron chi connectivity index (χ4n) is 0. The summed E-state index contributed by atoms with van der Waals surface area (Å²) in [5.41, 5.74) is 0. The van der Waals surface area contributed by atoms with Crippen molar-refractivity contribution in [3.63, 3.8) is 0 Å². The molecule has 8 valence electrons. The summed E-state index contributed by atoms with van der Waals surface area (Å²) in [5.74, 6) is 0. The first kappa shape index (κ1) is 45.4. The van der Waals surface area contributed by atoms with Crippen LogP contribution in [-0.4, -0.2) is 28.3 Å². The van der Waals surface area contributed by atoms with Crippen LogP contribution in [0.25, 0.3) is 0 Å². The van der Waals surface area contributed by atoms with Crippen LogP contribution in [0.15, 0.2) is 0 Å². The van der Waals surface area contributed by atoms with Crippen LogP contribution in [0.4, 0.5) is 0 Å². The van der Waals surface area contributed by atoms with Gasteiger partial charge in [0.05, 0.1) is 0 Å². The van der Waals surface area contributed by atoms with Gasteiger partial charge in [0.2, 0.25) is 0 Å². The van der Waals surface area contributed by atoms with Crippen molar-refractivity contribution in [1.29, 1.82) is 0 Å². The van der Waals surface area contributed by atoms with Crippen LogP contribution in [0, 0.1) is 0 Å². The fourth-order valence-corrected chi connectivity index (χ4v) is 0. The zero-order valence-electron chi connectivity index (χ0n) is 2.19. The van der Waals surface area contributed by atoms with Crippen LogP contribution in [-0.2, 0) is 32.8 Å². The summed E-state index contributed by atoms with van der Waals surface area (Å²) in [6, 6.07) is 0. The van der Waals surface area contributed by atoms with Crippen molar-refractivity contribution in [3.05, 3.63) is 0 Å². The third-order valence-corrected chi connectivity index (χ3v) is 0. The van der Waals surface area contributed by atoms with Gasteiger partial charge in [0, 0.05) is 0 Å². The molecule has 0 rings (SSSR count). The predicted molar refractivity (Wildman–Crippen MR) is 12.2 cm³/mol. The standard InChI is InChI=1S/Al.Cd.O.Si/q+3;+2;-2;+4. The van der Waals surface area contributed by atoms with Crippen molar-refractivity contribution in [2.24, 2.45) is 0 Å². The molecule has 0 radical (unpaired) electrons. The largest absolute Gasteiger partial charge is 4.00 e. The molecule has 0 aromatic heterocycles. The second-order valence-electron chi connectivity index (χ2n) is 0. The van der Waals surface area contributed by atoms with Crippen molar-refractivity contribution in [3.8, 4) is 0 Å². The molecule has 0 spiro atoms. The van der Waals surface area contributed by atoms with E-state index in [2.05, 4.69) is 0 Å². The average molecular weight is 183 g/mol. The molecular formula is AlCdOSi+7. The van der Waals surface area contributed by atoms with Gasteiger partial charge < -0.3 is 5.48 Å². The van der Waals surface area contributed by atoms with E-state index in [1.807, 2.05) is 0 Å². The normalized spacial score (nSPS) is 0. The van der Waals surface area contributed by atoms with E-state index < -0.39 is 0 Å². The van der Waals surface area contributed by atoms with E-state index in [1.165, 1.54) is 0 Å². The number of hydrogen-bond donors (Lipinski definition) is 0. The molecule has 0 aliphatic carbocycles. The van der Waals surface area contributed by atoms with E-state index in [-0.39, 0.29) is 61.1 Å². The van der Waals surface area contributed by atoms with Crippen LogP contribution in [0.2, 0.25) is 0 Å². The van der Waals surface area contributed by atoms with Gasteiger partial charge in [-0.05, 0) is 0 Å². The van der Waals surface area contributed by atoms with Crippen molar-refractivity contribution >= 4 is 28.3 Å². The Hall–Kier alpha value is 1.63. The van der Waals surface area contributed by atoms with Crippen LogP contribution in [0.3, 0.4) is 0 Å². The number of hydrogen-bond acceptors (Lipinski definition) is 0. The van der Waals surface area contributed by atoms with E-state index in [0.29, 0.717) is 0 Å². The summed E-state index contributed by atoms with van der Waals surface area (Å²) < 4.78 is 0. The molecule has 0 bridgehead atoms. The van der Waals surface area contributed by atoms with E-state index in [1.54, 1.807) is 0 Å². The molecule has 0 saturated carbocycles. The third-order valence-electron chi connectivity index (χ3n) is 0. The molecule has 0 fully saturated rings. The van der Waals surface area contributed by atoms with Crippen molar-refractivity contribution in [2.75, 3.05) is 0 Å². The first-order valence-electron chi connectivity index (χ1n) is 0. The molecule has 1 nitrogen and oxygen atoms in total. The summed E-state index contributed by atoms with van der Waals surface area (Å²) in [7, 11) is 0. The van der Waals surface area contributed by atoms with Gasteiger partial charge in [-0.25, -0.2) is 0 Å². The summed E-state index contributed by atoms with van der Waals surface area (Å²) in [6.45, 7) is 0. The van der Waals surface area contributed by atoms with E-state index in [0.717, 1.165) is 0 Å². The minimum atomic E-state index is 0. The number of rotatable bonds is 0. The molecule has 4 heteroatoms. The molecule has 0 aromatic carbocycles. The summed E-state index contributed by atoms with van der Waals surface area (Å²) >= 11 is 0. The second-order valence-corrected chi connectivity index (χ2v) is 0. The minimum Gasteiger partial charge on any atom is -2.00 e. The minimum absolute atomic E-state index is 0. The average Bonchev–Trinajstić information content (AvgIpc) is 0. The third kappa shape index (κ3) is 9.45. The van der Waals surface area contributed by atoms with E-state index in [9.17, 15) is 0 Å². The van der Waals surface area contributed by atoms with Crippen molar-refractivity contribution in [2.45, 2.75) is 0 Å². The molecule has 0 heterocycles. The maximum absolute atomic E-state index is 0. The first-order valence-corrected chi connectivity index (χ1v) is 0. The summed E-state index contributed by atoms with van der Waals surface area (Å²) in [6.07, 6.45) is 0. The van der Waals surface area contributed by atoms with Gasteiger partial charge in [0.15, 0.2) is 0 Å². The smallest absolute Gasteiger partial charge is 2.00 e. The molecule has 0 aliphatic rings. The Balaban J connectivity index is 0. The van der Waals surface area contributed by atoms with E-state index in [4.69, 9.17) is 0 Å². The SMILES string of the molecule is [Al+3].[Cd+2].[O-2].[Si+4]. The topological polar surface area (TPSA) is 28.5 Å². The summed E-state index contributed by atoms with van der Waals surface area (Å²) in [5, 5.41) is 0. The Morgan fingerprint density at radius 3 is 1.00 bits per heavy atom. The molecule has 0 saturated heterocycles. The van der Waals surface area contributed by atoms with Gasteiger partial charge in [-0.15, -0.1) is 0 Å².